The lowest BCUT2D eigenvalue weighted by atomic mass is 10.2. The predicted octanol–water partition coefficient (Wildman–Crippen LogP) is 3.77. The molecular formula is C13H10F2O2. The van der Waals surface area contributed by atoms with Crippen LogP contribution in [-0.2, 0) is 0 Å². The molecule has 0 saturated heterocycles. The first kappa shape index (κ1) is 11.4. The molecule has 0 saturated carbocycles. The number of rotatable bonds is 2. The zero-order valence-electron chi connectivity index (χ0n) is 9.08. The van der Waals surface area contributed by atoms with Crippen LogP contribution >= 0.6 is 0 Å². The maximum atomic E-state index is 12.9. The highest BCUT2D eigenvalue weighted by atomic mass is 19.1. The van der Waals surface area contributed by atoms with E-state index >= 15 is 0 Å². The fourth-order valence-corrected chi connectivity index (χ4v) is 1.38. The normalized spacial score (nSPS) is 10.3. The molecule has 0 atom stereocenters. The van der Waals surface area contributed by atoms with Crippen LogP contribution in [0.4, 0.5) is 8.78 Å². The van der Waals surface area contributed by atoms with Crippen molar-refractivity contribution in [1.29, 1.82) is 0 Å². The molecule has 0 fully saturated rings. The number of benzene rings is 2. The highest BCUT2D eigenvalue weighted by molar-refractivity contribution is 5.41. The first-order chi connectivity index (χ1) is 8.04. The molecule has 0 radical (unpaired) electrons. The molecule has 17 heavy (non-hydrogen) atoms. The molecule has 2 aromatic carbocycles. The number of hydrogen-bond donors (Lipinski definition) is 1. The summed E-state index contributed by atoms with van der Waals surface area (Å²) in [6.45, 7) is 1.74. The van der Waals surface area contributed by atoms with Crippen molar-refractivity contribution < 1.29 is 18.6 Å². The minimum Gasteiger partial charge on any atom is -0.508 e. The second-order valence-corrected chi connectivity index (χ2v) is 3.66. The smallest absolute Gasteiger partial charge is 0.133 e. The third-order valence-corrected chi connectivity index (χ3v) is 2.25. The summed E-state index contributed by atoms with van der Waals surface area (Å²) in [5.41, 5.74) is 0.697. The SMILES string of the molecule is Cc1ccc(Oc2cc(F)cc(F)c2)cc1O. The lowest BCUT2D eigenvalue weighted by molar-refractivity contribution is 0.447. The van der Waals surface area contributed by atoms with Crippen molar-refractivity contribution in [3.8, 4) is 17.2 Å². The van der Waals surface area contributed by atoms with E-state index < -0.39 is 11.6 Å². The van der Waals surface area contributed by atoms with E-state index in [4.69, 9.17) is 4.74 Å². The van der Waals surface area contributed by atoms with Gasteiger partial charge in [-0.1, -0.05) is 6.07 Å². The van der Waals surface area contributed by atoms with Gasteiger partial charge < -0.3 is 9.84 Å². The fourth-order valence-electron chi connectivity index (χ4n) is 1.38. The van der Waals surface area contributed by atoms with Crippen LogP contribution in [-0.4, -0.2) is 5.11 Å². The maximum absolute atomic E-state index is 12.9. The Bertz CT molecular complexity index is 533. The Morgan fingerprint density at radius 3 is 2.18 bits per heavy atom. The van der Waals surface area contributed by atoms with Crippen LogP contribution < -0.4 is 4.74 Å². The Balaban J connectivity index is 2.28. The molecular weight excluding hydrogens is 226 g/mol. The van der Waals surface area contributed by atoms with Gasteiger partial charge in [-0.25, -0.2) is 8.78 Å². The van der Waals surface area contributed by atoms with E-state index in [9.17, 15) is 13.9 Å². The van der Waals surface area contributed by atoms with E-state index in [0.717, 1.165) is 18.2 Å². The van der Waals surface area contributed by atoms with E-state index in [-0.39, 0.29) is 11.5 Å². The number of halogens is 2. The van der Waals surface area contributed by atoms with Gasteiger partial charge in [-0.15, -0.1) is 0 Å². The lowest BCUT2D eigenvalue weighted by Crippen LogP contribution is -1.88. The van der Waals surface area contributed by atoms with E-state index in [1.165, 1.54) is 6.07 Å². The van der Waals surface area contributed by atoms with Gasteiger partial charge in [-0.3, -0.25) is 0 Å². The average Bonchev–Trinajstić information content (AvgIpc) is 2.22. The number of ether oxygens (including phenoxy) is 1. The number of phenols is 1. The van der Waals surface area contributed by atoms with Crippen molar-refractivity contribution in [2.75, 3.05) is 0 Å². The van der Waals surface area contributed by atoms with Crippen LogP contribution in [0.15, 0.2) is 36.4 Å². The fraction of sp³-hybridized carbons (Fsp3) is 0.0769. The Hall–Kier alpha value is -2.10. The summed E-state index contributed by atoms with van der Waals surface area (Å²) in [6.07, 6.45) is 0. The minimum absolute atomic E-state index is 0.0470. The standard InChI is InChI=1S/C13H10F2O2/c1-8-2-3-11(7-13(8)16)17-12-5-9(14)4-10(15)6-12/h2-7,16H,1H3. The van der Waals surface area contributed by atoms with Gasteiger partial charge in [0.15, 0.2) is 0 Å². The summed E-state index contributed by atoms with van der Waals surface area (Å²) in [4.78, 5) is 0. The summed E-state index contributed by atoms with van der Waals surface area (Å²) in [6, 6.07) is 7.55. The van der Waals surface area contributed by atoms with E-state index in [0.29, 0.717) is 11.3 Å². The number of aromatic hydroxyl groups is 1. The third kappa shape index (κ3) is 2.72. The van der Waals surface area contributed by atoms with Crippen molar-refractivity contribution >= 4 is 0 Å². The van der Waals surface area contributed by atoms with Crippen LogP contribution in [0.5, 0.6) is 17.2 Å². The third-order valence-electron chi connectivity index (χ3n) is 2.25. The molecule has 2 aromatic rings. The highest BCUT2D eigenvalue weighted by Crippen LogP contribution is 2.27. The molecule has 0 aliphatic carbocycles. The first-order valence-corrected chi connectivity index (χ1v) is 4.98. The molecule has 0 spiro atoms. The van der Waals surface area contributed by atoms with Crippen molar-refractivity contribution in [2.24, 2.45) is 0 Å². The van der Waals surface area contributed by atoms with Crippen LogP contribution in [0.3, 0.4) is 0 Å². The van der Waals surface area contributed by atoms with Gasteiger partial charge in [0, 0.05) is 24.3 Å². The van der Waals surface area contributed by atoms with E-state index in [1.54, 1.807) is 19.1 Å². The molecule has 0 aliphatic rings. The van der Waals surface area contributed by atoms with Crippen molar-refractivity contribution in [1.82, 2.24) is 0 Å². The van der Waals surface area contributed by atoms with Crippen LogP contribution in [0.25, 0.3) is 0 Å². The Labute approximate surface area is 97.1 Å². The Morgan fingerprint density at radius 2 is 1.59 bits per heavy atom. The van der Waals surface area contributed by atoms with Gasteiger partial charge >= 0.3 is 0 Å². The van der Waals surface area contributed by atoms with Gasteiger partial charge in [0.25, 0.3) is 0 Å². The molecule has 2 rings (SSSR count). The summed E-state index contributed by atoms with van der Waals surface area (Å²) in [5, 5.41) is 9.46. The zero-order chi connectivity index (χ0) is 12.4. The molecule has 0 bridgehead atoms. The molecule has 88 valence electrons. The molecule has 0 unspecified atom stereocenters. The first-order valence-electron chi connectivity index (χ1n) is 4.98. The average molecular weight is 236 g/mol. The quantitative estimate of drug-likeness (QED) is 0.859. The lowest BCUT2D eigenvalue weighted by Gasteiger charge is -2.07. The summed E-state index contributed by atoms with van der Waals surface area (Å²) < 4.78 is 31.0. The molecule has 1 N–H and O–H groups in total. The monoisotopic (exact) mass is 236 g/mol. The Morgan fingerprint density at radius 1 is 0.941 bits per heavy atom. The maximum Gasteiger partial charge on any atom is 0.133 e. The second kappa shape index (κ2) is 4.41. The number of hydrogen-bond acceptors (Lipinski definition) is 2. The second-order valence-electron chi connectivity index (χ2n) is 3.66. The predicted molar refractivity (Wildman–Crippen MR) is 59.3 cm³/mol. The number of phenolic OH excluding ortho intramolecular Hbond substituents is 1. The molecule has 0 heterocycles. The topological polar surface area (TPSA) is 29.5 Å². The highest BCUT2D eigenvalue weighted by Gasteiger charge is 2.04. The van der Waals surface area contributed by atoms with Gasteiger partial charge in [-0.05, 0) is 18.6 Å². The molecule has 0 aromatic heterocycles. The molecule has 2 nitrogen and oxygen atoms in total. The minimum atomic E-state index is -0.712. The summed E-state index contributed by atoms with van der Waals surface area (Å²) in [5.74, 6) is -0.990. The summed E-state index contributed by atoms with van der Waals surface area (Å²) >= 11 is 0. The van der Waals surface area contributed by atoms with Gasteiger partial charge in [0.2, 0.25) is 0 Å². The molecule has 0 aliphatic heterocycles. The van der Waals surface area contributed by atoms with Gasteiger partial charge in [0.1, 0.15) is 28.9 Å². The number of aryl methyl sites for hydroxylation is 1. The van der Waals surface area contributed by atoms with Crippen molar-refractivity contribution in [3.63, 3.8) is 0 Å². The van der Waals surface area contributed by atoms with Crippen LogP contribution in [0, 0.1) is 18.6 Å². The van der Waals surface area contributed by atoms with Gasteiger partial charge in [0.05, 0.1) is 0 Å². The largest absolute Gasteiger partial charge is 0.508 e. The van der Waals surface area contributed by atoms with E-state index in [2.05, 4.69) is 0 Å². The van der Waals surface area contributed by atoms with E-state index in [1.807, 2.05) is 0 Å². The summed E-state index contributed by atoms with van der Waals surface area (Å²) in [7, 11) is 0. The van der Waals surface area contributed by atoms with Crippen molar-refractivity contribution in [2.45, 2.75) is 6.92 Å². The van der Waals surface area contributed by atoms with Crippen molar-refractivity contribution in [3.05, 3.63) is 53.6 Å². The molecule has 4 heteroatoms. The molecule has 0 amide bonds. The van der Waals surface area contributed by atoms with Gasteiger partial charge in [-0.2, -0.15) is 0 Å². The van der Waals surface area contributed by atoms with Crippen LogP contribution in [0.2, 0.25) is 0 Å². The zero-order valence-corrected chi connectivity index (χ0v) is 9.08. The Kier molecular flexibility index (Phi) is 2.95. The van der Waals surface area contributed by atoms with Crippen LogP contribution in [0.1, 0.15) is 5.56 Å².